The third-order valence-corrected chi connectivity index (χ3v) is 3.21. The highest BCUT2D eigenvalue weighted by atomic mass is 19.1. The average Bonchev–Trinajstić information content (AvgIpc) is 2.47. The van der Waals surface area contributed by atoms with Crippen LogP contribution < -0.4 is 10.2 Å². The molecule has 0 saturated heterocycles. The molecule has 0 saturated carbocycles. The zero-order valence-electron chi connectivity index (χ0n) is 12.3. The summed E-state index contributed by atoms with van der Waals surface area (Å²) in [6.45, 7) is 0.481. The molecule has 0 spiro atoms. The van der Waals surface area contributed by atoms with E-state index in [1.54, 1.807) is 12.1 Å². The van der Waals surface area contributed by atoms with E-state index in [4.69, 9.17) is 0 Å². The number of carbonyl (C=O) groups excluding carboxylic acids is 1. The minimum Gasteiger partial charge on any atom is -0.378 e. The predicted molar refractivity (Wildman–Crippen MR) is 83.2 cm³/mol. The van der Waals surface area contributed by atoms with Gasteiger partial charge in [-0.05, 0) is 42.3 Å². The van der Waals surface area contributed by atoms with Crippen LogP contribution in [-0.4, -0.2) is 26.5 Å². The van der Waals surface area contributed by atoms with Gasteiger partial charge in [-0.1, -0.05) is 18.2 Å². The lowest BCUT2D eigenvalue weighted by Crippen LogP contribution is -2.26. The Kier molecular flexibility index (Phi) is 4.93. The molecule has 2 aromatic carbocycles. The second-order valence-corrected chi connectivity index (χ2v) is 5.08. The standard InChI is InChI=1S/C17H19FN2O/c1-20(2)16-8-4-6-14(12-16)17(21)19-10-9-13-5-3-7-15(18)11-13/h3-8,11-12H,9-10H2,1-2H3,(H,19,21). The van der Waals surface area contributed by atoms with Crippen LogP contribution in [0.15, 0.2) is 48.5 Å². The van der Waals surface area contributed by atoms with Crippen molar-refractivity contribution in [3.8, 4) is 0 Å². The van der Waals surface area contributed by atoms with E-state index in [9.17, 15) is 9.18 Å². The highest BCUT2D eigenvalue weighted by molar-refractivity contribution is 5.95. The molecular weight excluding hydrogens is 267 g/mol. The number of amides is 1. The SMILES string of the molecule is CN(C)c1cccc(C(=O)NCCc2cccc(F)c2)c1. The van der Waals surface area contributed by atoms with Crippen molar-refractivity contribution in [2.75, 3.05) is 25.5 Å². The van der Waals surface area contributed by atoms with Crippen molar-refractivity contribution in [2.45, 2.75) is 6.42 Å². The first kappa shape index (κ1) is 15.0. The lowest BCUT2D eigenvalue weighted by molar-refractivity contribution is 0.0954. The minimum absolute atomic E-state index is 0.116. The lowest BCUT2D eigenvalue weighted by atomic mass is 10.1. The van der Waals surface area contributed by atoms with Gasteiger partial charge in [-0.15, -0.1) is 0 Å². The van der Waals surface area contributed by atoms with Crippen LogP contribution >= 0.6 is 0 Å². The molecule has 0 aliphatic carbocycles. The number of hydrogen-bond donors (Lipinski definition) is 1. The average molecular weight is 286 g/mol. The van der Waals surface area contributed by atoms with Crippen molar-refractivity contribution in [1.29, 1.82) is 0 Å². The van der Waals surface area contributed by atoms with Crippen molar-refractivity contribution in [2.24, 2.45) is 0 Å². The summed E-state index contributed by atoms with van der Waals surface area (Å²) in [5.41, 5.74) is 2.48. The second-order valence-electron chi connectivity index (χ2n) is 5.08. The van der Waals surface area contributed by atoms with E-state index in [0.29, 0.717) is 18.5 Å². The monoisotopic (exact) mass is 286 g/mol. The highest BCUT2D eigenvalue weighted by Gasteiger charge is 2.06. The van der Waals surface area contributed by atoms with Gasteiger partial charge >= 0.3 is 0 Å². The zero-order valence-corrected chi connectivity index (χ0v) is 12.3. The molecule has 2 rings (SSSR count). The Balaban J connectivity index is 1.91. The number of carbonyl (C=O) groups is 1. The van der Waals surface area contributed by atoms with E-state index in [-0.39, 0.29) is 11.7 Å². The van der Waals surface area contributed by atoms with Gasteiger partial charge in [0.1, 0.15) is 5.82 Å². The number of nitrogens with zero attached hydrogens (tertiary/aromatic N) is 1. The Morgan fingerprint density at radius 3 is 2.62 bits per heavy atom. The van der Waals surface area contributed by atoms with Crippen LogP contribution in [0.3, 0.4) is 0 Å². The van der Waals surface area contributed by atoms with E-state index in [1.807, 2.05) is 43.3 Å². The Bertz CT molecular complexity index is 626. The first-order valence-corrected chi connectivity index (χ1v) is 6.86. The molecule has 0 atom stereocenters. The van der Waals surface area contributed by atoms with Crippen molar-refractivity contribution >= 4 is 11.6 Å². The third-order valence-electron chi connectivity index (χ3n) is 3.21. The van der Waals surface area contributed by atoms with Crippen LogP contribution in [-0.2, 0) is 6.42 Å². The lowest BCUT2D eigenvalue weighted by Gasteiger charge is -2.13. The number of benzene rings is 2. The maximum atomic E-state index is 13.0. The number of halogens is 1. The van der Waals surface area contributed by atoms with Gasteiger partial charge in [0, 0.05) is 31.9 Å². The number of rotatable bonds is 5. The summed E-state index contributed by atoms with van der Waals surface area (Å²) >= 11 is 0. The third kappa shape index (κ3) is 4.31. The molecule has 1 N–H and O–H groups in total. The number of anilines is 1. The molecule has 0 aromatic heterocycles. The molecule has 21 heavy (non-hydrogen) atoms. The first-order chi connectivity index (χ1) is 10.1. The molecule has 2 aromatic rings. The summed E-state index contributed by atoms with van der Waals surface area (Å²) in [7, 11) is 3.86. The van der Waals surface area contributed by atoms with Crippen LogP contribution in [0.4, 0.5) is 10.1 Å². The predicted octanol–water partition coefficient (Wildman–Crippen LogP) is 2.86. The molecule has 0 unspecified atom stereocenters. The molecule has 0 heterocycles. The van der Waals surface area contributed by atoms with E-state index in [2.05, 4.69) is 5.32 Å². The second kappa shape index (κ2) is 6.88. The van der Waals surface area contributed by atoms with Gasteiger partial charge in [0.15, 0.2) is 0 Å². The summed E-state index contributed by atoms with van der Waals surface area (Å²) in [5, 5.41) is 2.85. The van der Waals surface area contributed by atoms with Gasteiger partial charge in [-0.3, -0.25) is 4.79 Å². The molecule has 110 valence electrons. The molecular formula is C17H19FN2O. The fraction of sp³-hybridized carbons (Fsp3) is 0.235. The molecule has 0 bridgehead atoms. The van der Waals surface area contributed by atoms with Crippen LogP contribution in [0.2, 0.25) is 0 Å². The summed E-state index contributed by atoms with van der Waals surface area (Å²) in [6.07, 6.45) is 0.608. The maximum absolute atomic E-state index is 13.0. The van der Waals surface area contributed by atoms with Crippen LogP contribution in [0.1, 0.15) is 15.9 Å². The summed E-state index contributed by atoms with van der Waals surface area (Å²) in [4.78, 5) is 14.0. The molecule has 0 radical (unpaired) electrons. The van der Waals surface area contributed by atoms with Crippen molar-refractivity contribution in [3.05, 3.63) is 65.5 Å². The van der Waals surface area contributed by atoms with E-state index >= 15 is 0 Å². The van der Waals surface area contributed by atoms with E-state index in [0.717, 1.165) is 11.3 Å². The Labute approximate surface area is 124 Å². The van der Waals surface area contributed by atoms with Gasteiger partial charge in [0.25, 0.3) is 5.91 Å². The molecule has 1 amide bonds. The van der Waals surface area contributed by atoms with E-state index < -0.39 is 0 Å². The summed E-state index contributed by atoms with van der Waals surface area (Å²) in [5.74, 6) is -0.368. The molecule has 3 nitrogen and oxygen atoms in total. The zero-order chi connectivity index (χ0) is 15.2. The van der Waals surface area contributed by atoms with Crippen LogP contribution in [0.5, 0.6) is 0 Å². The maximum Gasteiger partial charge on any atom is 0.251 e. The van der Waals surface area contributed by atoms with E-state index in [1.165, 1.54) is 12.1 Å². The fourth-order valence-corrected chi connectivity index (χ4v) is 2.04. The molecule has 0 aliphatic heterocycles. The molecule has 4 heteroatoms. The number of nitrogens with one attached hydrogen (secondary N) is 1. The quantitative estimate of drug-likeness (QED) is 0.916. The molecule has 0 fully saturated rings. The minimum atomic E-state index is -0.252. The van der Waals surface area contributed by atoms with Crippen molar-refractivity contribution in [1.82, 2.24) is 5.32 Å². The summed E-state index contributed by atoms with van der Waals surface area (Å²) < 4.78 is 13.0. The van der Waals surface area contributed by atoms with Gasteiger partial charge in [-0.25, -0.2) is 4.39 Å². The van der Waals surface area contributed by atoms with Gasteiger partial charge in [0.2, 0.25) is 0 Å². The van der Waals surface area contributed by atoms with Gasteiger partial charge < -0.3 is 10.2 Å². The van der Waals surface area contributed by atoms with Gasteiger partial charge in [-0.2, -0.15) is 0 Å². The Morgan fingerprint density at radius 2 is 1.90 bits per heavy atom. The topological polar surface area (TPSA) is 32.3 Å². The van der Waals surface area contributed by atoms with Crippen LogP contribution in [0, 0.1) is 5.82 Å². The van der Waals surface area contributed by atoms with Crippen molar-refractivity contribution < 1.29 is 9.18 Å². The normalized spacial score (nSPS) is 10.2. The Hall–Kier alpha value is -2.36. The van der Waals surface area contributed by atoms with Gasteiger partial charge in [0.05, 0.1) is 0 Å². The smallest absolute Gasteiger partial charge is 0.251 e. The summed E-state index contributed by atoms with van der Waals surface area (Å²) in [6, 6.07) is 13.9. The highest BCUT2D eigenvalue weighted by Crippen LogP contribution is 2.13. The van der Waals surface area contributed by atoms with Crippen LogP contribution in [0.25, 0.3) is 0 Å². The Morgan fingerprint density at radius 1 is 1.14 bits per heavy atom. The first-order valence-electron chi connectivity index (χ1n) is 6.86. The number of hydrogen-bond acceptors (Lipinski definition) is 2. The van der Waals surface area contributed by atoms with Crippen molar-refractivity contribution in [3.63, 3.8) is 0 Å². The fourth-order valence-electron chi connectivity index (χ4n) is 2.04. The molecule has 0 aliphatic rings. The largest absolute Gasteiger partial charge is 0.378 e.